The van der Waals surface area contributed by atoms with E-state index in [4.69, 9.17) is 6.57 Å². The SMILES string of the molecule is [C-]#[N+]c1ccc(-c2csc(Nc3cc4nc(-c5ccc(C(F)(F)F)cc5)[nH]c4cc3C)n2)cc1. The maximum absolute atomic E-state index is 12.8. The highest BCUT2D eigenvalue weighted by Gasteiger charge is 2.30. The number of benzene rings is 3. The number of fused-ring (bicyclic) bond motifs is 1. The summed E-state index contributed by atoms with van der Waals surface area (Å²) in [7, 11) is 0. The number of imidazole rings is 1. The van der Waals surface area contributed by atoms with Gasteiger partial charge < -0.3 is 10.3 Å². The highest BCUT2D eigenvalue weighted by molar-refractivity contribution is 7.14. The van der Waals surface area contributed by atoms with Gasteiger partial charge in [-0.2, -0.15) is 13.2 Å². The number of H-pyrrole nitrogens is 1. The van der Waals surface area contributed by atoms with Gasteiger partial charge in [0.2, 0.25) is 0 Å². The van der Waals surface area contributed by atoms with Gasteiger partial charge >= 0.3 is 6.18 Å². The highest BCUT2D eigenvalue weighted by Crippen LogP contribution is 2.33. The fraction of sp³-hybridized carbons (Fsp3) is 0.0800. The Hall–Kier alpha value is -4.16. The van der Waals surface area contributed by atoms with E-state index in [9.17, 15) is 13.2 Å². The average Bonchev–Trinajstić information content (AvgIpc) is 3.46. The molecule has 5 rings (SSSR count). The van der Waals surface area contributed by atoms with Crippen LogP contribution in [0.25, 0.3) is 38.5 Å². The second-order valence-corrected chi connectivity index (χ2v) is 8.52. The van der Waals surface area contributed by atoms with Crippen LogP contribution in [-0.2, 0) is 6.18 Å². The van der Waals surface area contributed by atoms with Gasteiger partial charge in [-0.05, 0) is 42.3 Å². The molecular weight excluding hydrogens is 459 g/mol. The minimum atomic E-state index is -4.37. The molecule has 5 nitrogen and oxygen atoms in total. The number of rotatable bonds is 4. The van der Waals surface area contributed by atoms with E-state index < -0.39 is 11.7 Å². The number of nitrogens with one attached hydrogen (secondary N) is 2. The summed E-state index contributed by atoms with van der Waals surface area (Å²) in [6.45, 7) is 9.02. The molecule has 0 aliphatic rings. The molecular formula is C25H16F3N5S. The first-order valence-electron chi connectivity index (χ1n) is 10.2. The third kappa shape index (κ3) is 4.23. The first-order chi connectivity index (χ1) is 16.3. The average molecular weight is 475 g/mol. The molecule has 0 radical (unpaired) electrons. The molecule has 2 N–H and O–H groups in total. The summed E-state index contributed by atoms with van der Waals surface area (Å²) in [4.78, 5) is 15.8. The second-order valence-electron chi connectivity index (χ2n) is 7.67. The summed E-state index contributed by atoms with van der Waals surface area (Å²) in [5.74, 6) is 0.500. The lowest BCUT2D eigenvalue weighted by Crippen LogP contribution is -2.04. The zero-order valence-corrected chi connectivity index (χ0v) is 18.6. The number of alkyl halides is 3. The van der Waals surface area contributed by atoms with Crippen LogP contribution >= 0.6 is 11.3 Å². The van der Waals surface area contributed by atoms with Gasteiger partial charge in [-0.1, -0.05) is 36.4 Å². The predicted molar refractivity (Wildman–Crippen MR) is 128 cm³/mol. The van der Waals surface area contributed by atoms with E-state index in [1.165, 1.54) is 23.5 Å². The summed E-state index contributed by atoms with van der Waals surface area (Å²) in [5.41, 5.74) is 5.48. The fourth-order valence-electron chi connectivity index (χ4n) is 3.54. The van der Waals surface area contributed by atoms with Crippen LogP contribution in [0, 0.1) is 13.5 Å². The van der Waals surface area contributed by atoms with E-state index in [2.05, 4.69) is 25.1 Å². The molecule has 0 unspecified atom stereocenters. The third-order valence-electron chi connectivity index (χ3n) is 5.35. The van der Waals surface area contributed by atoms with Crippen molar-refractivity contribution in [2.45, 2.75) is 13.1 Å². The fourth-order valence-corrected chi connectivity index (χ4v) is 4.27. The molecule has 0 amide bonds. The first kappa shape index (κ1) is 21.7. The second kappa shape index (κ2) is 8.32. The third-order valence-corrected chi connectivity index (χ3v) is 6.11. The molecule has 34 heavy (non-hydrogen) atoms. The molecule has 0 bridgehead atoms. The Morgan fingerprint density at radius 2 is 1.68 bits per heavy atom. The summed E-state index contributed by atoms with van der Waals surface area (Å²) in [6.07, 6.45) is -4.37. The largest absolute Gasteiger partial charge is 0.416 e. The Morgan fingerprint density at radius 1 is 0.971 bits per heavy atom. The van der Waals surface area contributed by atoms with Crippen LogP contribution in [0.1, 0.15) is 11.1 Å². The lowest BCUT2D eigenvalue weighted by Gasteiger charge is -2.06. The van der Waals surface area contributed by atoms with Crippen LogP contribution in [-0.4, -0.2) is 15.0 Å². The molecule has 0 spiro atoms. The van der Waals surface area contributed by atoms with Crippen molar-refractivity contribution in [3.63, 3.8) is 0 Å². The van der Waals surface area contributed by atoms with Crippen molar-refractivity contribution in [3.05, 3.63) is 88.6 Å². The van der Waals surface area contributed by atoms with Crippen LogP contribution in [0.5, 0.6) is 0 Å². The maximum atomic E-state index is 12.8. The lowest BCUT2D eigenvalue weighted by atomic mass is 10.1. The summed E-state index contributed by atoms with van der Waals surface area (Å²) < 4.78 is 38.5. The standard InChI is InChI=1S/C25H16F3N5S/c1-14-11-20-21(31-23(30-20)16-3-7-17(8-4-16)25(26,27)28)12-19(14)32-24-33-22(13-34-24)15-5-9-18(29-2)10-6-15/h3-13H,1H3,(H,30,31)(H,32,33). The van der Waals surface area contributed by atoms with Gasteiger partial charge in [0.15, 0.2) is 10.8 Å². The van der Waals surface area contributed by atoms with E-state index in [1.807, 2.05) is 36.6 Å². The molecule has 9 heteroatoms. The number of anilines is 2. The number of halogens is 3. The van der Waals surface area contributed by atoms with Crippen molar-refractivity contribution in [1.29, 1.82) is 0 Å². The van der Waals surface area contributed by atoms with Crippen LogP contribution in [0.3, 0.4) is 0 Å². The Kier molecular flexibility index (Phi) is 5.30. The minimum Gasteiger partial charge on any atom is -0.338 e. The Balaban J connectivity index is 1.40. The molecule has 0 aliphatic heterocycles. The van der Waals surface area contributed by atoms with Gasteiger partial charge in [0.25, 0.3) is 0 Å². The predicted octanol–water partition coefficient (Wildman–Crippen LogP) is 7.98. The number of aromatic nitrogens is 3. The monoisotopic (exact) mass is 475 g/mol. The van der Waals surface area contributed by atoms with Crippen LogP contribution in [0.2, 0.25) is 0 Å². The Labute approximate surface area is 196 Å². The number of hydrogen-bond acceptors (Lipinski definition) is 4. The van der Waals surface area contributed by atoms with Gasteiger partial charge in [-0.25, -0.2) is 14.8 Å². The smallest absolute Gasteiger partial charge is 0.338 e. The van der Waals surface area contributed by atoms with E-state index >= 15 is 0 Å². The van der Waals surface area contributed by atoms with Crippen LogP contribution < -0.4 is 5.32 Å². The molecule has 168 valence electrons. The zero-order valence-electron chi connectivity index (χ0n) is 17.7. The number of aromatic amines is 1. The number of thiazole rings is 1. The molecule has 0 atom stereocenters. The van der Waals surface area contributed by atoms with Gasteiger partial charge in [0.1, 0.15) is 5.82 Å². The van der Waals surface area contributed by atoms with E-state index in [1.54, 1.807) is 12.1 Å². The van der Waals surface area contributed by atoms with Crippen LogP contribution in [0.15, 0.2) is 66.0 Å². The highest BCUT2D eigenvalue weighted by atomic mass is 32.1. The molecule has 2 heterocycles. The van der Waals surface area contributed by atoms with Gasteiger partial charge in [-0.3, -0.25) is 0 Å². The molecule has 3 aromatic carbocycles. The summed E-state index contributed by atoms with van der Waals surface area (Å²) >= 11 is 1.47. The Morgan fingerprint density at radius 3 is 2.35 bits per heavy atom. The van der Waals surface area contributed by atoms with Crippen molar-refractivity contribution < 1.29 is 13.2 Å². The van der Waals surface area contributed by atoms with E-state index in [-0.39, 0.29) is 0 Å². The topological polar surface area (TPSA) is 58.0 Å². The molecule has 5 aromatic rings. The summed E-state index contributed by atoms with van der Waals surface area (Å²) in [6, 6.07) is 16.0. The minimum absolute atomic E-state index is 0.500. The normalized spacial score (nSPS) is 11.5. The molecule has 2 aromatic heterocycles. The lowest BCUT2D eigenvalue weighted by molar-refractivity contribution is -0.137. The molecule has 0 saturated carbocycles. The van der Waals surface area contributed by atoms with E-state index in [0.29, 0.717) is 27.7 Å². The number of nitrogens with zero attached hydrogens (tertiary/aromatic N) is 3. The molecule has 0 fully saturated rings. The van der Waals surface area contributed by atoms with Crippen molar-refractivity contribution in [2.24, 2.45) is 0 Å². The molecule has 0 saturated heterocycles. The van der Waals surface area contributed by atoms with Gasteiger partial charge in [0, 0.05) is 16.6 Å². The van der Waals surface area contributed by atoms with Crippen molar-refractivity contribution in [1.82, 2.24) is 15.0 Å². The quantitative estimate of drug-likeness (QED) is 0.259. The van der Waals surface area contributed by atoms with Crippen LogP contribution in [0.4, 0.5) is 29.7 Å². The van der Waals surface area contributed by atoms with Gasteiger partial charge in [-0.15, -0.1) is 11.3 Å². The Bertz CT molecular complexity index is 1520. The van der Waals surface area contributed by atoms with E-state index in [0.717, 1.165) is 40.2 Å². The zero-order chi connectivity index (χ0) is 23.9. The van der Waals surface area contributed by atoms with Crippen molar-refractivity contribution in [3.8, 4) is 22.6 Å². The van der Waals surface area contributed by atoms with Gasteiger partial charge in [0.05, 0.1) is 28.9 Å². The van der Waals surface area contributed by atoms with Crippen molar-refractivity contribution in [2.75, 3.05) is 5.32 Å². The number of aryl methyl sites for hydroxylation is 1. The maximum Gasteiger partial charge on any atom is 0.416 e. The number of hydrogen-bond donors (Lipinski definition) is 2. The summed E-state index contributed by atoms with van der Waals surface area (Å²) in [5, 5.41) is 5.99. The molecule has 0 aliphatic carbocycles. The first-order valence-corrected chi connectivity index (χ1v) is 11.1. The van der Waals surface area contributed by atoms with Crippen molar-refractivity contribution >= 4 is 38.9 Å².